The van der Waals surface area contributed by atoms with Gasteiger partial charge < -0.3 is 5.73 Å². The summed E-state index contributed by atoms with van der Waals surface area (Å²) in [7, 11) is 0. The van der Waals surface area contributed by atoms with E-state index in [-0.39, 0.29) is 5.96 Å². The average Bonchev–Trinajstić information content (AvgIpc) is 2.19. The Balaban J connectivity index is 2.60. The van der Waals surface area contributed by atoms with E-state index < -0.39 is 0 Å². The van der Waals surface area contributed by atoms with Crippen molar-refractivity contribution in [1.82, 2.24) is 10.5 Å². The monoisotopic (exact) mass is 179 g/mol. The van der Waals surface area contributed by atoms with Gasteiger partial charge in [-0.05, 0) is 6.07 Å². The summed E-state index contributed by atoms with van der Waals surface area (Å²) in [6.07, 6.45) is 4.75. The molecule has 13 heavy (non-hydrogen) atoms. The normalized spacial score (nSPS) is 11.9. The third-order valence-electron chi connectivity index (χ3n) is 1.17. The van der Waals surface area contributed by atoms with Crippen molar-refractivity contribution in [1.29, 1.82) is 0 Å². The number of hydrogen-bond donors (Lipinski definition) is 3. The fourth-order valence-corrected chi connectivity index (χ4v) is 0.632. The largest absolute Gasteiger partial charge is 0.367 e. The van der Waals surface area contributed by atoms with Gasteiger partial charge in [0.15, 0.2) is 0 Å². The van der Waals surface area contributed by atoms with Crippen LogP contribution in [0.2, 0.25) is 0 Å². The van der Waals surface area contributed by atoms with E-state index in [1.807, 2.05) is 6.07 Å². The Labute approximate surface area is 74.8 Å². The van der Waals surface area contributed by atoms with Crippen LogP contribution in [0.3, 0.4) is 0 Å². The standard InChI is InChI=1S/C7H9N5O/c8-7(12-13)11-10-5-6-2-1-3-9-4-6/h1-5,13H,(H3,8,11,12)/b10-5-. The van der Waals surface area contributed by atoms with E-state index >= 15 is 0 Å². The molecule has 1 rings (SSSR count). The van der Waals surface area contributed by atoms with Crippen LogP contribution in [0.25, 0.3) is 0 Å². The maximum atomic E-state index is 8.24. The molecule has 1 heterocycles. The van der Waals surface area contributed by atoms with Gasteiger partial charge in [-0.3, -0.25) is 10.2 Å². The van der Waals surface area contributed by atoms with E-state index in [1.54, 1.807) is 23.9 Å². The molecule has 0 saturated heterocycles. The summed E-state index contributed by atoms with van der Waals surface area (Å²) >= 11 is 0. The lowest BCUT2D eigenvalue weighted by Crippen LogP contribution is -2.27. The number of nitrogens with two attached hydrogens (primary N) is 1. The van der Waals surface area contributed by atoms with E-state index in [4.69, 9.17) is 10.9 Å². The lowest BCUT2D eigenvalue weighted by Gasteiger charge is -1.91. The highest BCUT2D eigenvalue weighted by Crippen LogP contribution is 1.90. The number of hydrogen-bond acceptors (Lipinski definition) is 4. The Morgan fingerprint density at radius 3 is 3.15 bits per heavy atom. The molecule has 0 spiro atoms. The second kappa shape index (κ2) is 4.83. The van der Waals surface area contributed by atoms with Crippen molar-refractivity contribution in [3.05, 3.63) is 30.1 Å². The molecule has 4 N–H and O–H groups in total. The minimum absolute atomic E-state index is 0.167. The zero-order chi connectivity index (χ0) is 9.52. The summed E-state index contributed by atoms with van der Waals surface area (Å²) in [5, 5.41) is 15.2. The highest BCUT2D eigenvalue weighted by Gasteiger charge is 1.84. The summed E-state index contributed by atoms with van der Waals surface area (Å²) in [5.41, 5.74) is 7.55. The molecule has 0 aromatic carbocycles. The van der Waals surface area contributed by atoms with Crippen LogP contribution in [-0.4, -0.2) is 22.4 Å². The molecular weight excluding hydrogens is 170 g/mol. The van der Waals surface area contributed by atoms with E-state index in [0.717, 1.165) is 5.56 Å². The second-order valence-electron chi connectivity index (χ2n) is 2.13. The van der Waals surface area contributed by atoms with Gasteiger partial charge in [0, 0.05) is 18.0 Å². The van der Waals surface area contributed by atoms with Crippen molar-refractivity contribution in [2.45, 2.75) is 0 Å². The smallest absolute Gasteiger partial charge is 0.237 e. The number of pyridine rings is 1. The number of nitrogens with one attached hydrogen (secondary N) is 1. The van der Waals surface area contributed by atoms with Crippen molar-refractivity contribution in [3.63, 3.8) is 0 Å². The molecule has 0 atom stereocenters. The fraction of sp³-hybridized carbons (Fsp3) is 0. The first-order valence-electron chi connectivity index (χ1n) is 3.49. The Morgan fingerprint density at radius 1 is 1.69 bits per heavy atom. The first-order valence-corrected chi connectivity index (χ1v) is 3.49. The van der Waals surface area contributed by atoms with Gasteiger partial charge in [0.2, 0.25) is 5.96 Å². The van der Waals surface area contributed by atoms with E-state index in [1.165, 1.54) is 6.21 Å². The average molecular weight is 179 g/mol. The summed E-state index contributed by atoms with van der Waals surface area (Å²) in [6.45, 7) is 0. The van der Waals surface area contributed by atoms with Crippen LogP contribution in [0.15, 0.2) is 34.7 Å². The first-order chi connectivity index (χ1) is 6.33. The van der Waals surface area contributed by atoms with Gasteiger partial charge in [-0.2, -0.15) is 5.10 Å². The van der Waals surface area contributed by atoms with Crippen molar-refractivity contribution in [2.24, 2.45) is 15.9 Å². The molecule has 0 fully saturated rings. The predicted molar refractivity (Wildman–Crippen MR) is 48.4 cm³/mol. The highest BCUT2D eigenvalue weighted by molar-refractivity contribution is 5.81. The zero-order valence-electron chi connectivity index (χ0n) is 6.75. The van der Waals surface area contributed by atoms with Crippen LogP contribution >= 0.6 is 0 Å². The quantitative estimate of drug-likeness (QED) is 0.330. The molecule has 0 aliphatic heterocycles. The predicted octanol–water partition coefficient (Wildman–Crippen LogP) is -0.291. The Kier molecular flexibility index (Phi) is 3.40. The molecular formula is C7H9N5O. The van der Waals surface area contributed by atoms with Crippen LogP contribution in [0.1, 0.15) is 5.56 Å². The minimum Gasteiger partial charge on any atom is -0.367 e. The minimum atomic E-state index is -0.167. The topological polar surface area (TPSA) is 95.9 Å². The van der Waals surface area contributed by atoms with Crippen molar-refractivity contribution in [2.75, 3.05) is 0 Å². The first kappa shape index (κ1) is 9.14. The number of nitrogens with zero attached hydrogens (tertiary/aromatic N) is 3. The summed E-state index contributed by atoms with van der Waals surface area (Å²) in [4.78, 5) is 3.87. The van der Waals surface area contributed by atoms with Gasteiger partial charge in [-0.15, -0.1) is 5.10 Å². The third kappa shape index (κ3) is 3.30. The molecule has 0 amide bonds. The summed E-state index contributed by atoms with van der Waals surface area (Å²) < 4.78 is 0. The van der Waals surface area contributed by atoms with Crippen molar-refractivity contribution < 1.29 is 5.21 Å². The van der Waals surface area contributed by atoms with Crippen LogP contribution in [0.4, 0.5) is 0 Å². The molecule has 0 aliphatic rings. The third-order valence-corrected chi connectivity index (χ3v) is 1.17. The Bertz CT molecular complexity index is 308. The maximum absolute atomic E-state index is 8.24. The summed E-state index contributed by atoms with van der Waals surface area (Å²) in [6, 6.07) is 3.59. The molecule has 0 unspecified atom stereocenters. The Hall–Kier alpha value is -1.95. The molecule has 6 heteroatoms. The molecule has 1 aromatic rings. The van der Waals surface area contributed by atoms with Gasteiger partial charge in [-0.25, -0.2) is 5.48 Å². The van der Waals surface area contributed by atoms with Gasteiger partial charge in [0.1, 0.15) is 0 Å². The number of guanidine groups is 1. The van der Waals surface area contributed by atoms with Crippen molar-refractivity contribution in [3.8, 4) is 0 Å². The molecule has 6 nitrogen and oxygen atoms in total. The van der Waals surface area contributed by atoms with E-state index in [9.17, 15) is 0 Å². The number of aromatic nitrogens is 1. The van der Waals surface area contributed by atoms with Crippen LogP contribution in [-0.2, 0) is 0 Å². The number of hydroxylamine groups is 1. The van der Waals surface area contributed by atoms with Crippen LogP contribution in [0.5, 0.6) is 0 Å². The molecule has 0 bridgehead atoms. The second-order valence-corrected chi connectivity index (χ2v) is 2.13. The van der Waals surface area contributed by atoms with E-state index in [2.05, 4.69) is 15.2 Å². The van der Waals surface area contributed by atoms with Gasteiger partial charge >= 0.3 is 0 Å². The summed E-state index contributed by atoms with van der Waals surface area (Å²) in [5.74, 6) is -0.167. The molecule has 0 radical (unpaired) electrons. The van der Waals surface area contributed by atoms with Crippen molar-refractivity contribution >= 4 is 12.2 Å². The molecule has 1 aromatic heterocycles. The molecule has 68 valence electrons. The fourth-order valence-electron chi connectivity index (χ4n) is 0.632. The van der Waals surface area contributed by atoms with Gasteiger partial charge in [-0.1, -0.05) is 6.07 Å². The lowest BCUT2D eigenvalue weighted by atomic mass is 10.3. The van der Waals surface area contributed by atoms with Crippen LogP contribution < -0.4 is 11.2 Å². The number of rotatable bonds is 2. The zero-order valence-corrected chi connectivity index (χ0v) is 6.75. The van der Waals surface area contributed by atoms with E-state index in [0.29, 0.717) is 0 Å². The van der Waals surface area contributed by atoms with Gasteiger partial charge in [0.25, 0.3) is 0 Å². The lowest BCUT2D eigenvalue weighted by molar-refractivity contribution is 0.232. The Morgan fingerprint density at radius 2 is 2.54 bits per heavy atom. The molecule has 0 saturated carbocycles. The molecule has 0 aliphatic carbocycles. The maximum Gasteiger partial charge on any atom is 0.237 e. The SMILES string of the molecule is NC(=N/N=C\c1cccnc1)NO. The highest BCUT2D eigenvalue weighted by atomic mass is 16.5. The van der Waals surface area contributed by atoms with Gasteiger partial charge in [0.05, 0.1) is 6.21 Å². The van der Waals surface area contributed by atoms with Crippen LogP contribution in [0, 0.1) is 0 Å².